The van der Waals surface area contributed by atoms with Crippen LogP contribution in [0.5, 0.6) is 0 Å². The highest BCUT2D eigenvalue weighted by Gasteiger charge is 2.22. The summed E-state index contributed by atoms with van der Waals surface area (Å²) in [6.07, 6.45) is -0.366. The minimum Gasteiger partial charge on any atom is -0.453 e. The van der Waals surface area contributed by atoms with Crippen molar-refractivity contribution in [2.45, 2.75) is 6.54 Å². The van der Waals surface area contributed by atoms with Gasteiger partial charge in [0.25, 0.3) is 0 Å². The number of anilines is 2. The molecular weight excluding hydrogens is 382 g/mol. The summed E-state index contributed by atoms with van der Waals surface area (Å²) in [5.74, 6) is -0.931. The van der Waals surface area contributed by atoms with Crippen LogP contribution >= 0.6 is 0 Å². The number of hydrogen-bond acceptors (Lipinski definition) is 4. The predicted octanol–water partition coefficient (Wildman–Crippen LogP) is 3.49. The van der Waals surface area contributed by atoms with Crippen LogP contribution in [0, 0.1) is 11.6 Å². The Labute approximate surface area is 167 Å². The van der Waals surface area contributed by atoms with E-state index in [4.69, 9.17) is 4.74 Å². The van der Waals surface area contributed by atoms with Crippen LogP contribution in [0.1, 0.15) is 5.56 Å². The number of ether oxygens (including phenoxy) is 1. The molecule has 2 N–H and O–H groups in total. The molecule has 3 amide bonds. The first kappa shape index (κ1) is 20.5. The predicted molar refractivity (Wildman–Crippen MR) is 105 cm³/mol. The summed E-state index contributed by atoms with van der Waals surface area (Å²) < 4.78 is 32.5. The molecule has 29 heavy (non-hydrogen) atoms. The molecule has 1 aliphatic rings. The second kappa shape index (κ2) is 9.33. The molecule has 0 radical (unpaired) electrons. The van der Waals surface area contributed by atoms with Gasteiger partial charge in [-0.2, -0.15) is 0 Å². The molecule has 1 fully saturated rings. The smallest absolute Gasteiger partial charge is 0.409 e. The number of carbonyl (C=O) groups excluding carboxylic acids is 2. The molecule has 0 spiro atoms. The first-order valence-corrected chi connectivity index (χ1v) is 9.12. The summed E-state index contributed by atoms with van der Waals surface area (Å²) in [6, 6.07) is 9.43. The van der Waals surface area contributed by atoms with Gasteiger partial charge in [0, 0.05) is 44.0 Å². The molecule has 0 saturated carbocycles. The third-order valence-electron chi connectivity index (χ3n) is 4.63. The van der Waals surface area contributed by atoms with E-state index in [0.29, 0.717) is 44.0 Å². The monoisotopic (exact) mass is 404 g/mol. The first-order chi connectivity index (χ1) is 14.0. The van der Waals surface area contributed by atoms with Gasteiger partial charge in [-0.15, -0.1) is 0 Å². The summed E-state index contributed by atoms with van der Waals surface area (Å²) >= 11 is 0. The molecule has 0 bridgehead atoms. The van der Waals surface area contributed by atoms with Gasteiger partial charge in [0.05, 0.1) is 12.8 Å². The van der Waals surface area contributed by atoms with Gasteiger partial charge in [-0.3, -0.25) is 4.90 Å². The average molecular weight is 404 g/mol. The van der Waals surface area contributed by atoms with Gasteiger partial charge in [0.2, 0.25) is 0 Å². The normalized spacial score (nSPS) is 14.4. The quantitative estimate of drug-likeness (QED) is 0.818. The fourth-order valence-corrected chi connectivity index (χ4v) is 3.07. The van der Waals surface area contributed by atoms with Crippen LogP contribution in [-0.4, -0.2) is 55.2 Å². The van der Waals surface area contributed by atoms with Gasteiger partial charge in [-0.1, -0.05) is 12.1 Å². The summed E-state index contributed by atoms with van der Waals surface area (Å²) in [5, 5.41) is 5.00. The summed E-state index contributed by atoms with van der Waals surface area (Å²) in [5.41, 5.74) is 0.885. The number of nitrogens with one attached hydrogen (secondary N) is 2. The average Bonchev–Trinajstić information content (AvgIpc) is 2.72. The molecule has 1 heterocycles. The van der Waals surface area contributed by atoms with E-state index in [1.807, 2.05) is 4.90 Å². The van der Waals surface area contributed by atoms with Crippen molar-refractivity contribution in [1.29, 1.82) is 0 Å². The summed E-state index contributed by atoms with van der Waals surface area (Å²) in [4.78, 5) is 27.3. The van der Waals surface area contributed by atoms with Crippen molar-refractivity contribution in [3.63, 3.8) is 0 Å². The van der Waals surface area contributed by atoms with Crippen LogP contribution in [0.2, 0.25) is 0 Å². The number of amides is 3. The molecule has 2 aromatic rings. The fourth-order valence-electron chi connectivity index (χ4n) is 3.07. The standard InChI is InChI=1S/C20H22F2N4O3/c1-29-20(28)26-11-9-25(10-12-26)13-14-3-2-4-17(18(14)22)24-19(27)23-16-7-5-15(21)6-8-16/h2-8H,9-13H2,1H3,(H2,23,24,27). The number of piperazine rings is 1. The van der Waals surface area contributed by atoms with E-state index >= 15 is 0 Å². The Balaban J connectivity index is 1.58. The lowest BCUT2D eigenvalue weighted by molar-refractivity contribution is 0.0885. The maximum absolute atomic E-state index is 14.8. The lowest BCUT2D eigenvalue weighted by atomic mass is 10.1. The van der Waals surface area contributed by atoms with Crippen LogP contribution in [0.4, 0.5) is 29.7 Å². The maximum Gasteiger partial charge on any atom is 0.409 e. The van der Waals surface area contributed by atoms with E-state index in [9.17, 15) is 18.4 Å². The van der Waals surface area contributed by atoms with Gasteiger partial charge >= 0.3 is 12.1 Å². The molecule has 0 aliphatic carbocycles. The van der Waals surface area contributed by atoms with Crippen LogP contribution in [0.15, 0.2) is 42.5 Å². The van der Waals surface area contributed by atoms with E-state index in [1.165, 1.54) is 37.4 Å². The third kappa shape index (κ3) is 5.41. The lowest BCUT2D eigenvalue weighted by Gasteiger charge is -2.33. The SMILES string of the molecule is COC(=O)N1CCN(Cc2cccc(NC(=O)Nc3ccc(F)cc3)c2F)CC1. The number of nitrogens with zero attached hydrogens (tertiary/aromatic N) is 2. The van der Waals surface area contributed by atoms with Gasteiger partial charge in [0.1, 0.15) is 5.82 Å². The second-order valence-corrected chi connectivity index (χ2v) is 6.60. The molecule has 7 nitrogen and oxygen atoms in total. The Bertz CT molecular complexity index is 869. The Kier molecular flexibility index (Phi) is 6.61. The van der Waals surface area contributed by atoms with Crippen molar-refractivity contribution in [3.8, 4) is 0 Å². The molecule has 0 atom stereocenters. The van der Waals surface area contributed by atoms with E-state index in [-0.39, 0.29) is 11.8 Å². The highest BCUT2D eigenvalue weighted by Crippen LogP contribution is 2.21. The van der Waals surface area contributed by atoms with Crippen LogP contribution in [0.25, 0.3) is 0 Å². The molecule has 0 unspecified atom stereocenters. The number of carbonyl (C=O) groups is 2. The summed E-state index contributed by atoms with van der Waals surface area (Å²) in [7, 11) is 1.34. The Morgan fingerprint density at radius 3 is 2.34 bits per heavy atom. The molecular formula is C20H22F2N4O3. The second-order valence-electron chi connectivity index (χ2n) is 6.60. The lowest BCUT2D eigenvalue weighted by Crippen LogP contribution is -2.48. The Morgan fingerprint density at radius 1 is 1.00 bits per heavy atom. The van der Waals surface area contributed by atoms with E-state index in [0.717, 1.165) is 0 Å². The van der Waals surface area contributed by atoms with Gasteiger partial charge in [0.15, 0.2) is 5.82 Å². The van der Waals surface area contributed by atoms with Crippen LogP contribution in [-0.2, 0) is 11.3 Å². The highest BCUT2D eigenvalue weighted by atomic mass is 19.1. The molecule has 1 saturated heterocycles. The number of urea groups is 1. The van der Waals surface area contributed by atoms with E-state index in [1.54, 1.807) is 17.0 Å². The zero-order valence-electron chi connectivity index (χ0n) is 16.0. The van der Waals surface area contributed by atoms with Crippen molar-refractivity contribution < 1.29 is 23.1 Å². The van der Waals surface area contributed by atoms with Crippen molar-refractivity contribution in [2.75, 3.05) is 43.9 Å². The Morgan fingerprint density at radius 2 is 1.69 bits per heavy atom. The zero-order chi connectivity index (χ0) is 20.8. The number of benzene rings is 2. The highest BCUT2D eigenvalue weighted by molar-refractivity contribution is 5.99. The zero-order valence-corrected chi connectivity index (χ0v) is 16.0. The van der Waals surface area contributed by atoms with Crippen LogP contribution in [0.3, 0.4) is 0 Å². The van der Waals surface area contributed by atoms with E-state index in [2.05, 4.69) is 10.6 Å². The molecule has 3 rings (SSSR count). The van der Waals surface area contributed by atoms with Gasteiger partial charge in [-0.25, -0.2) is 18.4 Å². The maximum atomic E-state index is 14.8. The van der Waals surface area contributed by atoms with Gasteiger partial charge < -0.3 is 20.3 Å². The van der Waals surface area contributed by atoms with E-state index < -0.39 is 17.7 Å². The molecule has 9 heteroatoms. The van der Waals surface area contributed by atoms with Gasteiger partial charge in [-0.05, 0) is 30.3 Å². The number of methoxy groups -OCH3 is 1. The number of rotatable bonds is 4. The minimum atomic E-state index is -0.626. The summed E-state index contributed by atoms with van der Waals surface area (Å²) in [6.45, 7) is 2.56. The van der Waals surface area contributed by atoms with Crippen molar-refractivity contribution in [3.05, 3.63) is 59.7 Å². The number of hydrogen-bond donors (Lipinski definition) is 2. The Hall–Kier alpha value is -3.20. The number of halogens is 2. The first-order valence-electron chi connectivity index (χ1n) is 9.12. The minimum absolute atomic E-state index is 0.0512. The molecule has 0 aromatic heterocycles. The molecule has 2 aromatic carbocycles. The van der Waals surface area contributed by atoms with Crippen molar-refractivity contribution in [2.24, 2.45) is 0 Å². The fraction of sp³-hybridized carbons (Fsp3) is 0.300. The molecule has 154 valence electrons. The van der Waals surface area contributed by atoms with Crippen molar-refractivity contribution >= 4 is 23.5 Å². The van der Waals surface area contributed by atoms with Crippen molar-refractivity contribution in [1.82, 2.24) is 9.80 Å². The largest absolute Gasteiger partial charge is 0.453 e. The molecule has 1 aliphatic heterocycles. The third-order valence-corrected chi connectivity index (χ3v) is 4.63. The topological polar surface area (TPSA) is 73.9 Å². The van der Waals surface area contributed by atoms with Crippen LogP contribution < -0.4 is 10.6 Å².